The number of carbonyl (C=O) groups is 1. The Labute approximate surface area is 206 Å². The number of sulfonamides is 1. The summed E-state index contributed by atoms with van der Waals surface area (Å²) >= 11 is 0. The van der Waals surface area contributed by atoms with Crippen molar-refractivity contribution in [1.82, 2.24) is 4.90 Å². The van der Waals surface area contributed by atoms with Crippen LogP contribution in [-0.4, -0.2) is 46.0 Å². The molecule has 1 aliphatic heterocycles. The van der Waals surface area contributed by atoms with Gasteiger partial charge in [0.2, 0.25) is 0 Å². The number of anilines is 1. The van der Waals surface area contributed by atoms with Crippen molar-refractivity contribution in [3.8, 4) is 11.5 Å². The summed E-state index contributed by atoms with van der Waals surface area (Å²) in [6.07, 6.45) is 0.710. The lowest BCUT2D eigenvalue weighted by Crippen LogP contribution is -2.36. The number of rotatable bonds is 8. The molecule has 0 unspecified atom stereocenters. The maximum absolute atomic E-state index is 13.2. The number of carbonyl (C=O) groups excluding carboxylic acids is 1. The lowest BCUT2D eigenvalue weighted by atomic mass is 9.98. The van der Waals surface area contributed by atoms with E-state index in [0.717, 1.165) is 16.9 Å². The molecule has 3 aromatic carbocycles. The van der Waals surface area contributed by atoms with E-state index in [1.165, 1.54) is 23.5 Å². The summed E-state index contributed by atoms with van der Waals surface area (Å²) in [5.74, 6) is 1.27. The van der Waals surface area contributed by atoms with Crippen molar-refractivity contribution in [3.05, 3.63) is 83.4 Å². The molecule has 0 saturated heterocycles. The number of hydrogen-bond acceptors (Lipinski definition) is 5. The van der Waals surface area contributed by atoms with Crippen LogP contribution in [0.5, 0.6) is 11.5 Å². The van der Waals surface area contributed by atoms with Gasteiger partial charge in [-0.3, -0.25) is 9.10 Å². The van der Waals surface area contributed by atoms with Crippen LogP contribution in [0.15, 0.2) is 71.6 Å². The first-order valence-electron chi connectivity index (χ1n) is 11.7. The monoisotopic (exact) mass is 494 g/mol. The molecule has 8 heteroatoms. The molecule has 0 aliphatic carbocycles. The van der Waals surface area contributed by atoms with Crippen molar-refractivity contribution >= 4 is 21.6 Å². The van der Waals surface area contributed by atoms with E-state index in [2.05, 4.69) is 0 Å². The molecule has 4 rings (SSSR count). The number of fused-ring (bicyclic) bond motifs is 1. The predicted octanol–water partition coefficient (Wildman–Crippen LogP) is 4.51. The van der Waals surface area contributed by atoms with E-state index in [9.17, 15) is 13.2 Å². The van der Waals surface area contributed by atoms with Gasteiger partial charge in [-0.1, -0.05) is 18.2 Å². The Hall–Kier alpha value is -3.52. The first-order chi connectivity index (χ1) is 16.8. The molecule has 0 radical (unpaired) electrons. The summed E-state index contributed by atoms with van der Waals surface area (Å²) in [5, 5.41) is 0. The molecule has 1 amide bonds. The number of nitrogens with zero attached hydrogens (tertiary/aromatic N) is 2. The van der Waals surface area contributed by atoms with Crippen molar-refractivity contribution in [2.45, 2.75) is 31.7 Å². The van der Waals surface area contributed by atoms with Crippen LogP contribution >= 0.6 is 0 Å². The Morgan fingerprint density at radius 3 is 2.11 bits per heavy atom. The highest BCUT2D eigenvalue weighted by molar-refractivity contribution is 7.92. The molecule has 7 nitrogen and oxygen atoms in total. The molecule has 0 aromatic heterocycles. The first-order valence-corrected chi connectivity index (χ1v) is 13.1. The molecule has 3 aromatic rings. The Morgan fingerprint density at radius 1 is 0.914 bits per heavy atom. The molecule has 0 bridgehead atoms. The zero-order valence-electron chi connectivity index (χ0n) is 20.2. The maximum atomic E-state index is 13.2. The Balaban J connectivity index is 1.51. The van der Waals surface area contributed by atoms with Gasteiger partial charge in [-0.15, -0.1) is 0 Å². The fourth-order valence-corrected chi connectivity index (χ4v) is 5.36. The second kappa shape index (κ2) is 10.4. The molecule has 1 aliphatic rings. The van der Waals surface area contributed by atoms with Crippen molar-refractivity contribution in [1.29, 1.82) is 0 Å². The third-order valence-corrected chi connectivity index (χ3v) is 7.84. The van der Waals surface area contributed by atoms with Gasteiger partial charge in [0, 0.05) is 25.7 Å². The zero-order valence-corrected chi connectivity index (χ0v) is 21.0. The number of para-hydroxylation sites is 1. The minimum atomic E-state index is -3.74. The van der Waals surface area contributed by atoms with Gasteiger partial charge < -0.3 is 14.4 Å². The highest BCUT2D eigenvalue weighted by Gasteiger charge is 2.25. The zero-order chi connectivity index (χ0) is 25.0. The van der Waals surface area contributed by atoms with Gasteiger partial charge in [0.1, 0.15) is 0 Å². The smallest absolute Gasteiger partial charge is 0.264 e. The molecule has 1 heterocycles. The van der Waals surface area contributed by atoms with E-state index in [-0.39, 0.29) is 10.8 Å². The number of benzene rings is 3. The fraction of sp³-hybridized carbons (Fsp3) is 0.296. The average Bonchev–Trinajstić information content (AvgIpc) is 2.88. The molecule has 0 saturated carbocycles. The average molecular weight is 495 g/mol. The second-order valence-corrected chi connectivity index (χ2v) is 10.2. The van der Waals surface area contributed by atoms with E-state index in [1.807, 2.05) is 32.0 Å². The molecular weight excluding hydrogens is 464 g/mol. The van der Waals surface area contributed by atoms with Gasteiger partial charge >= 0.3 is 0 Å². The molecule has 35 heavy (non-hydrogen) atoms. The highest BCUT2D eigenvalue weighted by atomic mass is 32.2. The van der Waals surface area contributed by atoms with Crippen molar-refractivity contribution in [2.24, 2.45) is 0 Å². The molecule has 184 valence electrons. The largest absolute Gasteiger partial charge is 0.490 e. The van der Waals surface area contributed by atoms with Gasteiger partial charge in [0.05, 0.1) is 23.8 Å². The quantitative estimate of drug-likeness (QED) is 0.461. The van der Waals surface area contributed by atoms with Gasteiger partial charge in [0.25, 0.3) is 15.9 Å². The lowest BCUT2D eigenvalue weighted by molar-refractivity contribution is 0.0734. The van der Waals surface area contributed by atoms with E-state index in [1.54, 1.807) is 41.3 Å². The van der Waals surface area contributed by atoms with Gasteiger partial charge in [0.15, 0.2) is 11.5 Å². The molecule has 0 fully saturated rings. The third kappa shape index (κ3) is 5.12. The summed E-state index contributed by atoms with van der Waals surface area (Å²) in [7, 11) is -2.22. The minimum Gasteiger partial charge on any atom is -0.490 e. The SMILES string of the molecule is CCOc1cc2c(cc1OCC)CN(C(=O)c1ccc(S(=O)(=O)N(C)c3ccccc3)cc1)CC2. The van der Waals surface area contributed by atoms with Gasteiger partial charge in [-0.25, -0.2) is 8.42 Å². The van der Waals surface area contributed by atoms with Crippen molar-refractivity contribution in [3.63, 3.8) is 0 Å². The summed E-state index contributed by atoms with van der Waals surface area (Å²) in [6.45, 7) is 5.96. The van der Waals surface area contributed by atoms with Crippen LogP contribution < -0.4 is 13.8 Å². The first kappa shape index (κ1) is 24.6. The molecule has 0 spiro atoms. The fourth-order valence-electron chi connectivity index (χ4n) is 4.16. The predicted molar refractivity (Wildman–Crippen MR) is 136 cm³/mol. The number of hydrogen-bond donors (Lipinski definition) is 0. The van der Waals surface area contributed by atoms with E-state index >= 15 is 0 Å². The Morgan fingerprint density at radius 2 is 1.51 bits per heavy atom. The van der Waals surface area contributed by atoms with Crippen LogP contribution in [0.4, 0.5) is 5.69 Å². The lowest BCUT2D eigenvalue weighted by Gasteiger charge is -2.30. The van der Waals surface area contributed by atoms with Crippen LogP contribution in [0.3, 0.4) is 0 Å². The summed E-state index contributed by atoms with van der Waals surface area (Å²) in [6, 6.07) is 19.0. The van der Waals surface area contributed by atoms with Crippen LogP contribution in [-0.2, 0) is 23.0 Å². The normalized spacial score (nSPS) is 13.2. The minimum absolute atomic E-state index is 0.134. The van der Waals surface area contributed by atoms with Crippen molar-refractivity contribution in [2.75, 3.05) is 31.1 Å². The standard InChI is InChI=1S/C27H30N2O5S/c1-4-33-25-17-21-15-16-29(19-22(21)18-26(25)34-5-2)27(30)20-11-13-24(14-12-20)35(31,32)28(3)23-9-7-6-8-10-23/h6-14,17-18H,4-5,15-16,19H2,1-3H3. The van der Waals surface area contributed by atoms with Gasteiger partial charge in [-0.05, 0) is 79.9 Å². The van der Waals surface area contributed by atoms with Crippen LogP contribution in [0, 0.1) is 0 Å². The van der Waals surface area contributed by atoms with E-state index in [4.69, 9.17) is 9.47 Å². The van der Waals surface area contributed by atoms with Crippen LogP contribution in [0.1, 0.15) is 35.3 Å². The van der Waals surface area contributed by atoms with Crippen molar-refractivity contribution < 1.29 is 22.7 Å². The van der Waals surface area contributed by atoms with Crippen LogP contribution in [0.25, 0.3) is 0 Å². The maximum Gasteiger partial charge on any atom is 0.264 e. The van der Waals surface area contributed by atoms with Crippen LogP contribution in [0.2, 0.25) is 0 Å². The highest BCUT2D eigenvalue weighted by Crippen LogP contribution is 2.34. The summed E-state index contributed by atoms with van der Waals surface area (Å²) in [5.41, 5.74) is 3.19. The molecular formula is C27H30N2O5S. The third-order valence-electron chi connectivity index (χ3n) is 6.04. The summed E-state index contributed by atoms with van der Waals surface area (Å²) < 4.78 is 38.7. The van der Waals surface area contributed by atoms with Gasteiger partial charge in [-0.2, -0.15) is 0 Å². The number of amides is 1. The van der Waals surface area contributed by atoms with E-state index in [0.29, 0.717) is 49.7 Å². The van der Waals surface area contributed by atoms with E-state index < -0.39 is 10.0 Å². The Kier molecular flexibility index (Phi) is 7.31. The second-order valence-electron chi connectivity index (χ2n) is 8.24. The topological polar surface area (TPSA) is 76.1 Å². The number of ether oxygens (including phenoxy) is 2. The molecule has 0 N–H and O–H groups in total. The Bertz CT molecular complexity index is 1290. The summed E-state index contributed by atoms with van der Waals surface area (Å²) in [4.78, 5) is 15.1. The molecule has 0 atom stereocenters.